The number of rotatable bonds is 3. The first-order valence-electron chi connectivity index (χ1n) is 5.27. The summed E-state index contributed by atoms with van der Waals surface area (Å²) in [4.78, 5) is 22.4. The SMILES string of the molecule is CCCCC=C1CCCC(=O)NC1=O. The van der Waals surface area contributed by atoms with E-state index in [1.54, 1.807) is 0 Å². The van der Waals surface area contributed by atoms with Crippen LogP contribution in [0.25, 0.3) is 0 Å². The summed E-state index contributed by atoms with van der Waals surface area (Å²) in [5, 5.41) is 2.37. The number of carbonyl (C=O) groups is 2. The standard InChI is InChI=1S/C11H17NO2/c1-2-3-4-6-9-7-5-8-10(13)12-11(9)14/h6H,2-5,7-8H2,1H3,(H,12,13,14). The van der Waals surface area contributed by atoms with Crippen molar-refractivity contribution in [2.75, 3.05) is 0 Å². The second-order valence-corrected chi connectivity index (χ2v) is 3.60. The zero-order valence-electron chi connectivity index (χ0n) is 8.64. The minimum atomic E-state index is -0.191. The summed E-state index contributed by atoms with van der Waals surface area (Å²) in [7, 11) is 0. The van der Waals surface area contributed by atoms with E-state index in [-0.39, 0.29) is 11.8 Å². The summed E-state index contributed by atoms with van der Waals surface area (Å²) in [5.41, 5.74) is 0.782. The van der Waals surface area contributed by atoms with E-state index in [1.165, 1.54) is 0 Å². The Bertz CT molecular complexity index is 256. The van der Waals surface area contributed by atoms with Gasteiger partial charge < -0.3 is 0 Å². The molecule has 0 radical (unpaired) electrons. The second-order valence-electron chi connectivity index (χ2n) is 3.60. The van der Waals surface area contributed by atoms with Crippen molar-refractivity contribution < 1.29 is 9.59 Å². The molecule has 0 spiro atoms. The molecule has 3 heteroatoms. The molecule has 0 bridgehead atoms. The molecule has 1 fully saturated rings. The van der Waals surface area contributed by atoms with E-state index < -0.39 is 0 Å². The fourth-order valence-electron chi connectivity index (χ4n) is 1.50. The summed E-state index contributed by atoms with van der Waals surface area (Å²) in [6.45, 7) is 2.12. The quantitative estimate of drug-likeness (QED) is 0.425. The van der Waals surface area contributed by atoms with Gasteiger partial charge in [-0.3, -0.25) is 14.9 Å². The third-order valence-corrected chi connectivity index (χ3v) is 2.34. The molecular weight excluding hydrogens is 178 g/mol. The van der Waals surface area contributed by atoms with Crippen LogP contribution in [0.15, 0.2) is 11.6 Å². The molecule has 1 aliphatic rings. The third-order valence-electron chi connectivity index (χ3n) is 2.34. The lowest BCUT2D eigenvalue weighted by molar-refractivity contribution is -0.127. The molecule has 0 aromatic rings. The van der Waals surface area contributed by atoms with Crippen molar-refractivity contribution >= 4 is 11.8 Å². The Morgan fingerprint density at radius 1 is 1.36 bits per heavy atom. The maximum Gasteiger partial charge on any atom is 0.253 e. The first kappa shape index (κ1) is 11.0. The van der Waals surface area contributed by atoms with Crippen LogP contribution in [-0.4, -0.2) is 11.8 Å². The van der Waals surface area contributed by atoms with Crippen LogP contribution in [-0.2, 0) is 9.59 Å². The average Bonchev–Trinajstić information content (AvgIpc) is 2.29. The van der Waals surface area contributed by atoms with Crippen LogP contribution in [0.3, 0.4) is 0 Å². The number of allylic oxidation sites excluding steroid dienone is 1. The highest BCUT2D eigenvalue weighted by molar-refractivity contribution is 6.05. The van der Waals surface area contributed by atoms with Gasteiger partial charge in [0.15, 0.2) is 0 Å². The number of unbranched alkanes of at least 4 members (excludes halogenated alkanes) is 2. The Balaban J connectivity index is 2.54. The van der Waals surface area contributed by atoms with E-state index in [0.717, 1.165) is 37.7 Å². The molecule has 1 heterocycles. The van der Waals surface area contributed by atoms with Gasteiger partial charge >= 0.3 is 0 Å². The lowest BCUT2D eigenvalue weighted by atomic mass is 10.1. The molecule has 1 aliphatic heterocycles. The summed E-state index contributed by atoms with van der Waals surface area (Å²) in [5.74, 6) is -0.336. The first-order valence-corrected chi connectivity index (χ1v) is 5.27. The molecule has 1 N–H and O–H groups in total. The highest BCUT2D eigenvalue weighted by atomic mass is 16.2. The minimum Gasteiger partial charge on any atom is -0.293 e. The third kappa shape index (κ3) is 3.32. The topological polar surface area (TPSA) is 46.2 Å². The van der Waals surface area contributed by atoms with Crippen LogP contribution in [0, 0.1) is 0 Å². The van der Waals surface area contributed by atoms with Gasteiger partial charge in [-0.15, -0.1) is 0 Å². The molecule has 2 amide bonds. The summed E-state index contributed by atoms with van der Waals surface area (Å²) in [6, 6.07) is 0. The fraction of sp³-hybridized carbons (Fsp3) is 0.636. The van der Waals surface area contributed by atoms with Gasteiger partial charge in [-0.05, 0) is 19.3 Å². The number of imide groups is 1. The monoisotopic (exact) mass is 195 g/mol. The van der Waals surface area contributed by atoms with Gasteiger partial charge in [0.25, 0.3) is 5.91 Å². The zero-order chi connectivity index (χ0) is 10.4. The summed E-state index contributed by atoms with van der Waals surface area (Å²) < 4.78 is 0. The number of carbonyl (C=O) groups excluding carboxylic acids is 2. The average molecular weight is 195 g/mol. The van der Waals surface area contributed by atoms with E-state index in [2.05, 4.69) is 12.2 Å². The van der Waals surface area contributed by atoms with E-state index in [9.17, 15) is 9.59 Å². The predicted octanol–water partition coefficient (Wildman–Crippen LogP) is 1.93. The Hall–Kier alpha value is -1.12. The van der Waals surface area contributed by atoms with Crippen LogP contribution in [0.5, 0.6) is 0 Å². The van der Waals surface area contributed by atoms with E-state index in [0.29, 0.717) is 6.42 Å². The van der Waals surface area contributed by atoms with Crippen molar-refractivity contribution in [2.45, 2.75) is 45.4 Å². The van der Waals surface area contributed by atoms with Crippen LogP contribution >= 0.6 is 0 Å². The Labute approximate surface area is 84.6 Å². The van der Waals surface area contributed by atoms with Crippen LogP contribution < -0.4 is 5.32 Å². The second kappa shape index (κ2) is 5.58. The van der Waals surface area contributed by atoms with Crippen molar-refractivity contribution in [2.24, 2.45) is 0 Å². The summed E-state index contributed by atoms with van der Waals surface area (Å²) >= 11 is 0. The summed E-state index contributed by atoms with van der Waals surface area (Å²) in [6.07, 6.45) is 7.13. The van der Waals surface area contributed by atoms with Gasteiger partial charge in [0.1, 0.15) is 0 Å². The van der Waals surface area contributed by atoms with Crippen LogP contribution in [0.2, 0.25) is 0 Å². The van der Waals surface area contributed by atoms with Gasteiger partial charge in [0.2, 0.25) is 5.91 Å². The highest BCUT2D eigenvalue weighted by Gasteiger charge is 2.16. The minimum absolute atomic E-state index is 0.145. The molecule has 0 saturated carbocycles. The number of amides is 2. The molecule has 1 saturated heterocycles. The molecule has 1 rings (SSSR count). The van der Waals surface area contributed by atoms with E-state index in [1.807, 2.05) is 6.08 Å². The van der Waals surface area contributed by atoms with Gasteiger partial charge in [0.05, 0.1) is 0 Å². The maximum atomic E-state index is 11.4. The molecule has 3 nitrogen and oxygen atoms in total. The van der Waals surface area contributed by atoms with Crippen molar-refractivity contribution in [1.29, 1.82) is 0 Å². The van der Waals surface area contributed by atoms with Crippen LogP contribution in [0.4, 0.5) is 0 Å². The van der Waals surface area contributed by atoms with E-state index >= 15 is 0 Å². The largest absolute Gasteiger partial charge is 0.293 e. The van der Waals surface area contributed by atoms with Crippen molar-refractivity contribution in [1.82, 2.24) is 5.32 Å². The first-order chi connectivity index (χ1) is 6.74. The molecular formula is C11H17NO2. The normalized spacial score (nSPS) is 20.8. The zero-order valence-corrected chi connectivity index (χ0v) is 8.64. The molecule has 0 aliphatic carbocycles. The molecule has 78 valence electrons. The lowest BCUT2D eigenvalue weighted by Gasteiger charge is -2.01. The molecule has 14 heavy (non-hydrogen) atoms. The smallest absolute Gasteiger partial charge is 0.253 e. The van der Waals surface area contributed by atoms with E-state index in [4.69, 9.17) is 0 Å². The lowest BCUT2D eigenvalue weighted by Crippen LogP contribution is -2.28. The fourth-order valence-corrected chi connectivity index (χ4v) is 1.50. The van der Waals surface area contributed by atoms with Gasteiger partial charge in [-0.1, -0.05) is 25.8 Å². The molecule has 0 aromatic heterocycles. The maximum absolute atomic E-state index is 11.4. The molecule has 0 atom stereocenters. The number of hydrogen-bond acceptors (Lipinski definition) is 2. The van der Waals surface area contributed by atoms with Gasteiger partial charge in [0, 0.05) is 12.0 Å². The molecule has 0 aromatic carbocycles. The molecule has 0 unspecified atom stereocenters. The highest BCUT2D eigenvalue weighted by Crippen LogP contribution is 2.13. The number of hydrogen-bond donors (Lipinski definition) is 1. The Kier molecular flexibility index (Phi) is 4.36. The predicted molar refractivity (Wildman–Crippen MR) is 54.6 cm³/mol. The number of nitrogens with one attached hydrogen (secondary N) is 1. The van der Waals surface area contributed by atoms with Crippen LogP contribution in [0.1, 0.15) is 45.4 Å². The van der Waals surface area contributed by atoms with Gasteiger partial charge in [-0.25, -0.2) is 0 Å². The van der Waals surface area contributed by atoms with Gasteiger partial charge in [-0.2, -0.15) is 0 Å². The van der Waals surface area contributed by atoms with Crippen molar-refractivity contribution in [3.8, 4) is 0 Å². The van der Waals surface area contributed by atoms with Crippen molar-refractivity contribution in [3.05, 3.63) is 11.6 Å². The van der Waals surface area contributed by atoms with Crippen molar-refractivity contribution in [3.63, 3.8) is 0 Å². The Morgan fingerprint density at radius 2 is 2.14 bits per heavy atom. The Morgan fingerprint density at radius 3 is 2.86 bits per heavy atom.